The predicted octanol–water partition coefficient (Wildman–Crippen LogP) is 1.14. The van der Waals surface area contributed by atoms with Crippen molar-refractivity contribution in [3.8, 4) is 23.8 Å². The number of aromatic nitrogens is 2. The Balaban J connectivity index is 2.11. The number of hydrogen-bond donors (Lipinski definition) is 1. The van der Waals surface area contributed by atoms with Crippen molar-refractivity contribution in [2.45, 2.75) is 19.5 Å². The summed E-state index contributed by atoms with van der Waals surface area (Å²) < 4.78 is 12.2. The van der Waals surface area contributed by atoms with E-state index in [4.69, 9.17) is 31.6 Å². The van der Waals surface area contributed by atoms with Crippen molar-refractivity contribution >= 4 is 12.2 Å². The fraction of sp³-hybridized carbons (Fsp3) is 0.385. The number of quaternary nitrogens is 1. The first kappa shape index (κ1) is 15.0. The quantitative estimate of drug-likeness (QED) is 0.770. The average molecular weight is 304 g/mol. The van der Waals surface area contributed by atoms with Gasteiger partial charge in [-0.3, -0.25) is 0 Å². The van der Waals surface area contributed by atoms with Crippen LogP contribution in [0.25, 0.3) is 11.7 Å². The van der Waals surface area contributed by atoms with Gasteiger partial charge in [0.2, 0.25) is 0 Å². The minimum atomic E-state index is 0.243. The maximum Gasteiger partial charge on any atom is 0.292 e. The van der Waals surface area contributed by atoms with Gasteiger partial charge in [-0.05, 0) is 24.4 Å². The number of hydrogen-bond acceptors (Lipinski definition) is 6. The summed E-state index contributed by atoms with van der Waals surface area (Å²) in [6.07, 6.45) is 2.36. The maximum absolute atomic E-state index is 8.69. The average Bonchev–Trinajstić information content (AvgIpc) is 3.12. The topological polar surface area (TPSA) is 96.1 Å². The zero-order valence-electron chi connectivity index (χ0n) is 11.3. The minimum Gasteiger partial charge on any atom is -0.459 e. The Labute approximate surface area is 126 Å². The first-order valence-corrected chi connectivity index (χ1v) is 6.84. The van der Waals surface area contributed by atoms with Crippen LogP contribution in [0, 0.1) is 27.5 Å². The van der Waals surface area contributed by atoms with Gasteiger partial charge in [0.15, 0.2) is 12.4 Å². The summed E-state index contributed by atoms with van der Waals surface area (Å²) in [7, 11) is 0. The lowest BCUT2D eigenvalue weighted by Crippen LogP contribution is -3.11. The summed E-state index contributed by atoms with van der Waals surface area (Å²) in [4.78, 5) is 1.29. The fourth-order valence-electron chi connectivity index (χ4n) is 1.87. The summed E-state index contributed by atoms with van der Waals surface area (Å²) in [6, 6.07) is 7.69. The zero-order chi connectivity index (χ0) is 15.1. The Kier molecular flexibility index (Phi) is 5.27. The number of nitrogens with one attached hydrogen (secondary N) is 1. The van der Waals surface area contributed by atoms with Crippen LogP contribution in [0.3, 0.4) is 0 Å². The Bertz CT molecular complexity index is 686. The van der Waals surface area contributed by atoms with Crippen LogP contribution in [0.4, 0.5) is 0 Å². The molecule has 2 heterocycles. The molecule has 0 spiro atoms. The molecule has 0 saturated carbocycles. The van der Waals surface area contributed by atoms with Crippen LogP contribution >= 0.6 is 12.2 Å². The molecule has 8 heteroatoms. The van der Waals surface area contributed by atoms with Crippen molar-refractivity contribution in [1.29, 1.82) is 10.5 Å². The molecule has 0 aliphatic heterocycles. The molecule has 0 aliphatic carbocycles. The van der Waals surface area contributed by atoms with Gasteiger partial charge in [0.1, 0.15) is 0 Å². The summed E-state index contributed by atoms with van der Waals surface area (Å²) in [6.45, 7) is 1.71. The monoisotopic (exact) mass is 304 g/mol. The molecule has 0 unspecified atom stereocenters. The molecule has 0 amide bonds. The molecule has 21 heavy (non-hydrogen) atoms. The third-order valence-electron chi connectivity index (χ3n) is 2.89. The summed E-state index contributed by atoms with van der Waals surface area (Å²) in [5, 5.41) is 21.6. The third-order valence-corrected chi connectivity index (χ3v) is 3.19. The SMILES string of the molecule is N#CCC[NH+](CCC#N)Cn1nc(-c2ccco2)oc1=S. The second-order valence-electron chi connectivity index (χ2n) is 4.37. The third kappa shape index (κ3) is 4.02. The lowest BCUT2D eigenvalue weighted by atomic mass is 10.3. The molecule has 2 aromatic heterocycles. The van der Waals surface area contributed by atoms with E-state index in [2.05, 4.69) is 17.2 Å². The van der Waals surface area contributed by atoms with E-state index in [1.54, 1.807) is 16.8 Å². The van der Waals surface area contributed by atoms with Crippen LogP contribution in [0.5, 0.6) is 0 Å². The zero-order valence-corrected chi connectivity index (χ0v) is 12.1. The lowest BCUT2D eigenvalue weighted by Gasteiger charge is -2.15. The van der Waals surface area contributed by atoms with E-state index in [0.717, 1.165) is 4.90 Å². The van der Waals surface area contributed by atoms with Crippen molar-refractivity contribution in [2.75, 3.05) is 13.1 Å². The van der Waals surface area contributed by atoms with Crippen molar-refractivity contribution in [3.05, 3.63) is 23.2 Å². The molecule has 0 fully saturated rings. The molecule has 0 atom stereocenters. The molecule has 2 rings (SSSR count). The molecule has 0 aliphatic rings. The van der Waals surface area contributed by atoms with Crippen LogP contribution in [-0.2, 0) is 6.67 Å². The van der Waals surface area contributed by atoms with Gasteiger partial charge in [-0.2, -0.15) is 15.2 Å². The first-order valence-electron chi connectivity index (χ1n) is 6.44. The maximum atomic E-state index is 8.69. The smallest absolute Gasteiger partial charge is 0.292 e. The highest BCUT2D eigenvalue weighted by Crippen LogP contribution is 2.17. The molecular formula is C13H14N5O2S+. The summed E-state index contributed by atoms with van der Waals surface area (Å²) >= 11 is 5.14. The fourth-order valence-corrected chi connectivity index (χ4v) is 2.05. The van der Waals surface area contributed by atoms with E-state index in [1.807, 2.05) is 0 Å². The van der Waals surface area contributed by atoms with E-state index in [-0.39, 0.29) is 4.84 Å². The second-order valence-corrected chi connectivity index (χ2v) is 4.72. The van der Waals surface area contributed by atoms with Crippen molar-refractivity contribution in [3.63, 3.8) is 0 Å². The lowest BCUT2D eigenvalue weighted by molar-refractivity contribution is -0.922. The molecule has 7 nitrogen and oxygen atoms in total. The molecule has 108 valence electrons. The van der Waals surface area contributed by atoms with E-state index in [1.165, 1.54) is 6.26 Å². The van der Waals surface area contributed by atoms with Gasteiger partial charge in [0.25, 0.3) is 10.7 Å². The normalized spacial score (nSPS) is 10.4. The van der Waals surface area contributed by atoms with E-state index < -0.39 is 0 Å². The molecule has 1 N–H and O–H groups in total. The van der Waals surface area contributed by atoms with Crippen LogP contribution in [0.1, 0.15) is 12.8 Å². The molecule has 0 saturated heterocycles. The standard InChI is InChI=1S/C13H13N5O2S/c14-5-2-7-17(8-3-6-15)10-18-13(21)20-12(16-18)11-4-1-9-19-11/h1,4,9H,2-3,7-8,10H2/p+1. The molecule has 2 aromatic rings. The second kappa shape index (κ2) is 7.39. The van der Waals surface area contributed by atoms with Crippen LogP contribution in [-0.4, -0.2) is 22.9 Å². The minimum absolute atomic E-state index is 0.243. The van der Waals surface area contributed by atoms with Gasteiger partial charge in [0, 0.05) is 0 Å². The molecular weight excluding hydrogens is 290 g/mol. The highest BCUT2D eigenvalue weighted by Gasteiger charge is 2.15. The predicted molar refractivity (Wildman–Crippen MR) is 74.2 cm³/mol. The van der Waals surface area contributed by atoms with E-state index in [0.29, 0.717) is 44.3 Å². The van der Waals surface area contributed by atoms with Gasteiger partial charge < -0.3 is 13.7 Å². The van der Waals surface area contributed by atoms with Crippen LogP contribution in [0.15, 0.2) is 27.2 Å². The highest BCUT2D eigenvalue weighted by atomic mass is 32.1. The first-order chi connectivity index (χ1) is 10.2. The molecule has 0 aromatic carbocycles. The number of nitrogens with zero attached hydrogens (tertiary/aromatic N) is 4. The Morgan fingerprint density at radius 2 is 2.00 bits per heavy atom. The Hall–Kier alpha value is -2.42. The number of furan rings is 1. The Morgan fingerprint density at radius 1 is 1.29 bits per heavy atom. The van der Waals surface area contributed by atoms with Crippen LogP contribution in [0.2, 0.25) is 0 Å². The number of nitriles is 2. The highest BCUT2D eigenvalue weighted by molar-refractivity contribution is 7.71. The van der Waals surface area contributed by atoms with Gasteiger partial charge in [-0.25, -0.2) is 0 Å². The summed E-state index contributed by atoms with van der Waals surface area (Å²) in [5.41, 5.74) is 0. The Morgan fingerprint density at radius 3 is 2.57 bits per heavy atom. The van der Waals surface area contributed by atoms with Crippen molar-refractivity contribution in [2.24, 2.45) is 0 Å². The van der Waals surface area contributed by atoms with Crippen LogP contribution < -0.4 is 4.90 Å². The summed E-state index contributed by atoms with van der Waals surface area (Å²) in [5.74, 6) is 0.834. The number of rotatable bonds is 7. The van der Waals surface area contributed by atoms with E-state index >= 15 is 0 Å². The van der Waals surface area contributed by atoms with E-state index in [9.17, 15) is 0 Å². The van der Waals surface area contributed by atoms with Gasteiger partial charge in [-0.1, -0.05) is 0 Å². The van der Waals surface area contributed by atoms with Crippen molar-refractivity contribution < 1.29 is 13.7 Å². The van der Waals surface area contributed by atoms with Gasteiger partial charge in [0.05, 0.1) is 44.3 Å². The van der Waals surface area contributed by atoms with Gasteiger partial charge in [-0.15, -0.1) is 5.10 Å². The van der Waals surface area contributed by atoms with Gasteiger partial charge >= 0.3 is 0 Å². The largest absolute Gasteiger partial charge is 0.459 e. The van der Waals surface area contributed by atoms with Crippen molar-refractivity contribution in [1.82, 2.24) is 9.78 Å². The molecule has 0 bridgehead atoms. The molecule has 0 radical (unpaired) electrons.